The van der Waals surface area contributed by atoms with Gasteiger partial charge in [0, 0.05) is 85.1 Å². The number of H-pyrrole nitrogens is 2. The third-order valence-electron chi connectivity index (χ3n) is 12.8. The van der Waals surface area contributed by atoms with Gasteiger partial charge in [-0.1, -0.05) is 0 Å². The molecule has 1 saturated heterocycles. The Morgan fingerprint density at radius 1 is 0.682 bits per heavy atom. The number of carbonyl (C=O) groups excluding carboxylic acids is 3. The van der Waals surface area contributed by atoms with Crippen LogP contribution in [0, 0.1) is 29.1 Å². The predicted octanol–water partition coefficient (Wildman–Crippen LogP) is 8.65. The molecule has 19 heteroatoms. The van der Waals surface area contributed by atoms with Gasteiger partial charge < -0.3 is 43.8 Å². The number of azo groups is 1. The van der Waals surface area contributed by atoms with Gasteiger partial charge in [-0.2, -0.15) is 19.0 Å². The molecular formula is C47H41F5N8O6. The highest BCUT2D eigenvalue weighted by molar-refractivity contribution is 6.12. The number of nitrogens with one attached hydrogen (secondary N) is 2. The lowest BCUT2D eigenvalue weighted by Gasteiger charge is -2.23. The molecule has 340 valence electrons. The Kier molecular flexibility index (Phi) is 10.3. The summed E-state index contributed by atoms with van der Waals surface area (Å²) in [5.41, 5.74) is 5.17. The van der Waals surface area contributed by atoms with Gasteiger partial charge in [0.25, 0.3) is 11.8 Å². The topological polar surface area (TPSA) is 148 Å². The molecule has 0 radical (unpaired) electrons. The van der Waals surface area contributed by atoms with E-state index in [0.29, 0.717) is 76.7 Å². The first-order valence-electron chi connectivity index (χ1n) is 21.2. The number of aromatic amines is 2. The van der Waals surface area contributed by atoms with Gasteiger partial charge in [-0.3, -0.25) is 9.59 Å². The van der Waals surface area contributed by atoms with Crippen LogP contribution in [-0.2, 0) is 17.6 Å². The van der Waals surface area contributed by atoms with E-state index in [2.05, 4.69) is 24.7 Å². The molecule has 0 saturated carbocycles. The molecule has 6 aromatic rings. The monoisotopic (exact) mass is 908 g/mol. The summed E-state index contributed by atoms with van der Waals surface area (Å²) < 4.78 is 85.6. The molecule has 1 atom stereocenters. The molecule has 2 amide bonds. The fraction of sp³-hybridized carbons (Fsp3) is 0.298. The average Bonchev–Trinajstić information content (AvgIpc) is 4.18. The number of amides is 2. The van der Waals surface area contributed by atoms with E-state index in [1.807, 2.05) is 49.2 Å². The number of carbonyl (C=O) groups is 3. The lowest BCUT2D eigenvalue weighted by atomic mass is 10.1. The fourth-order valence-corrected chi connectivity index (χ4v) is 9.60. The number of anilines is 3. The second-order valence-corrected chi connectivity index (χ2v) is 16.9. The van der Waals surface area contributed by atoms with E-state index in [0.717, 1.165) is 53.8 Å². The van der Waals surface area contributed by atoms with Gasteiger partial charge in [0.1, 0.15) is 39.8 Å². The minimum atomic E-state index is -2.38. The molecule has 0 bridgehead atoms. The number of methoxy groups -OCH3 is 2. The molecule has 4 aromatic carbocycles. The third-order valence-corrected chi connectivity index (χ3v) is 12.8. The number of benzene rings is 4. The number of halogens is 5. The fourth-order valence-electron chi connectivity index (χ4n) is 9.60. The summed E-state index contributed by atoms with van der Waals surface area (Å²) in [6.07, 6.45) is 5.00. The molecular weight excluding hydrogens is 868 g/mol. The zero-order valence-corrected chi connectivity index (χ0v) is 36.1. The van der Waals surface area contributed by atoms with Crippen molar-refractivity contribution in [1.29, 1.82) is 0 Å². The van der Waals surface area contributed by atoms with Crippen molar-refractivity contribution in [3.05, 3.63) is 112 Å². The Balaban J connectivity index is 0.865. The SMILES string of the molecule is COc1cc(N2CCCC2)c(OC)cc1N=NC1(C)C=C(C(=O)N2CCc3c2ccc2[nH]c(C(=O)N4CCc5c4ccc4[nH]c(C(=O)Oc6c(F)c(F)c(F)c(F)c6F)cc54)cc32)N(C)C1. The Morgan fingerprint density at radius 2 is 1.24 bits per heavy atom. The molecule has 4 aliphatic heterocycles. The number of aromatic nitrogens is 2. The van der Waals surface area contributed by atoms with Crippen LogP contribution in [0.1, 0.15) is 51.9 Å². The third kappa shape index (κ3) is 6.86. The molecule has 1 fully saturated rings. The van der Waals surface area contributed by atoms with Crippen molar-refractivity contribution in [1.82, 2.24) is 14.9 Å². The van der Waals surface area contributed by atoms with Crippen LogP contribution in [0.5, 0.6) is 17.2 Å². The van der Waals surface area contributed by atoms with Gasteiger partial charge in [0.2, 0.25) is 34.8 Å². The Morgan fingerprint density at radius 3 is 1.85 bits per heavy atom. The van der Waals surface area contributed by atoms with Gasteiger partial charge in [0.15, 0.2) is 0 Å². The normalized spacial score (nSPS) is 18.0. The maximum absolute atomic E-state index is 14.3. The van der Waals surface area contributed by atoms with Crippen LogP contribution >= 0.6 is 0 Å². The summed E-state index contributed by atoms with van der Waals surface area (Å²) in [5, 5.41) is 10.6. The molecule has 10 rings (SSSR count). The highest BCUT2D eigenvalue weighted by Crippen LogP contribution is 2.43. The Labute approximate surface area is 373 Å². The molecule has 4 aliphatic rings. The minimum Gasteiger partial charge on any atom is -0.494 e. The predicted molar refractivity (Wildman–Crippen MR) is 234 cm³/mol. The summed E-state index contributed by atoms with van der Waals surface area (Å²) in [5.74, 6) is -13.8. The van der Waals surface area contributed by atoms with Crippen molar-refractivity contribution in [2.45, 2.75) is 38.1 Å². The first-order valence-corrected chi connectivity index (χ1v) is 21.2. The summed E-state index contributed by atoms with van der Waals surface area (Å²) in [6, 6.07) is 13.9. The van der Waals surface area contributed by atoms with Crippen LogP contribution in [0.3, 0.4) is 0 Å². The number of hydrogen-bond acceptors (Lipinski definition) is 10. The highest BCUT2D eigenvalue weighted by atomic mass is 19.2. The van der Waals surface area contributed by atoms with Gasteiger partial charge in [-0.05, 0) is 86.2 Å². The van der Waals surface area contributed by atoms with E-state index in [4.69, 9.17) is 14.6 Å². The first-order chi connectivity index (χ1) is 31.7. The second-order valence-electron chi connectivity index (χ2n) is 16.9. The zero-order valence-electron chi connectivity index (χ0n) is 36.1. The molecule has 14 nitrogen and oxygen atoms in total. The van der Waals surface area contributed by atoms with Gasteiger partial charge >= 0.3 is 5.97 Å². The van der Waals surface area contributed by atoms with E-state index >= 15 is 0 Å². The van der Waals surface area contributed by atoms with Gasteiger partial charge in [-0.15, -0.1) is 0 Å². The van der Waals surface area contributed by atoms with Crippen molar-refractivity contribution in [2.24, 2.45) is 10.2 Å². The van der Waals surface area contributed by atoms with E-state index in [9.17, 15) is 36.3 Å². The number of likely N-dealkylation sites (N-methyl/N-ethyl adjacent to an activating group) is 1. The number of esters is 1. The Bertz CT molecular complexity index is 3090. The molecule has 66 heavy (non-hydrogen) atoms. The van der Waals surface area contributed by atoms with Crippen molar-refractivity contribution >= 4 is 62.3 Å². The number of rotatable bonds is 9. The highest BCUT2D eigenvalue weighted by Gasteiger charge is 2.39. The van der Waals surface area contributed by atoms with Crippen LogP contribution in [0.15, 0.2) is 70.5 Å². The van der Waals surface area contributed by atoms with Crippen molar-refractivity contribution in [2.75, 3.05) is 68.7 Å². The smallest absolute Gasteiger partial charge is 0.360 e. The summed E-state index contributed by atoms with van der Waals surface area (Å²) >= 11 is 0. The summed E-state index contributed by atoms with van der Waals surface area (Å²) in [7, 11) is 5.07. The van der Waals surface area contributed by atoms with Crippen LogP contribution in [0.4, 0.5) is 44.7 Å². The van der Waals surface area contributed by atoms with E-state index in [1.165, 1.54) is 6.07 Å². The molecule has 2 N–H and O–H groups in total. The number of hydrogen-bond donors (Lipinski definition) is 2. The van der Waals surface area contributed by atoms with E-state index in [1.54, 1.807) is 42.2 Å². The maximum Gasteiger partial charge on any atom is 0.360 e. The van der Waals surface area contributed by atoms with Crippen LogP contribution < -0.4 is 28.9 Å². The lowest BCUT2D eigenvalue weighted by molar-refractivity contribution is -0.116. The largest absolute Gasteiger partial charge is 0.494 e. The number of fused-ring (bicyclic) bond motifs is 6. The number of ether oxygens (including phenoxy) is 3. The molecule has 1 unspecified atom stereocenters. The summed E-state index contributed by atoms with van der Waals surface area (Å²) in [6.45, 7) is 4.92. The molecule has 0 aliphatic carbocycles. The quantitative estimate of drug-likeness (QED) is 0.0366. The average molecular weight is 909 g/mol. The van der Waals surface area contributed by atoms with Gasteiger partial charge in [0.05, 0.1) is 19.9 Å². The van der Waals surface area contributed by atoms with E-state index in [-0.39, 0.29) is 24.1 Å². The lowest BCUT2D eigenvalue weighted by Crippen LogP contribution is -2.35. The molecule has 6 heterocycles. The second kappa shape index (κ2) is 15.9. The van der Waals surface area contributed by atoms with Gasteiger partial charge in [-0.25, -0.2) is 18.0 Å². The molecule has 2 aromatic heterocycles. The Hall–Kier alpha value is -7.44. The van der Waals surface area contributed by atoms with Crippen LogP contribution in [0.2, 0.25) is 0 Å². The van der Waals surface area contributed by atoms with Crippen molar-refractivity contribution in [3.63, 3.8) is 0 Å². The van der Waals surface area contributed by atoms with Crippen molar-refractivity contribution < 1.29 is 50.5 Å². The standard InChI is InChI=1S/C47H41F5N8O6/c1-47(56-55-29-19-37(65-4)34(20-36(29)64-3)58-13-5-6-14-58)21-35(57(2)22-47)45(62)60-16-12-23-25-17-30(53-27(25)7-10-33(23)60)44(61)59-15-11-24-26-18-31(54-28(26)8-9-32(24)59)46(63)66-43-41(51)39(49)38(48)40(50)42(43)52/h7-10,17-21,53-54H,5-6,11-16,22H2,1-4H3. The van der Waals surface area contributed by atoms with Crippen LogP contribution in [-0.4, -0.2) is 92.2 Å². The first kappa shape index (κ1) is 42.5. The van der Waals surface area contributed by atoms with Crippen LogP contribution in [0.25, 0.3) is 21.8 Å². The summed E-state index contributed by atoms with van der Waals surface area (Å²) in [4.78, 5) is 54.8. The number of nitrogens with zero attached hydrogens (tertiary/aromatic N) is 6. The zero-order chi connectivity index (χ0) is 46.3. The van der Waals surface area contributed by atoms with E-state index < -0.39 is 46.3 Å². The maximum atomic E-state index is 14.3. The van der Waals surface area contributed by atoms with Crippen molar-refractivity contribution in [3.8, 4) is 17.2 Å². The minimum absolute atomic E-state index is 0.186. The molecule has 0 spiro atoms.